The van der Waals surface area contributed by atoms with Crippen LogP contribution in [0.2, 0.25) is 0 Å². The third kappa shape index (κ3) is 7.65. The molecule has 0 rings (SSSR count). The number of rotatable bonds is 9. The summed E-state index contributed by atoms with van der Waals surface area (Å²) in [5.41, 5.74) is 0. The number of nitrogens with one attached hydrogen (secondary N) is 1. The van der Waals surface area contributed by atoms with Gasteiger partial charge in [0.1, 0.15) is 0 Å². The number of carboxylic acid groups (broad SMARTS) is 1. The summed E-state index contributed by atoms with van der Waals surface area (Å²) in [7, 11) is 0. The maximum atomic E-state index is 11.7. The number of hydrogen-bond acceptors (Lipinski definition) is 3. The zero-order valence-corrected chi connectivity index (χ0v) is 11.1. The molecule has 2 amide bonds. The molecule has 6 heteroatoms. The third-order valence-electron chi connectivity index (χ3n) is 2.31. The molecule has 0 aliphatic heterocycles. The first-order valence-corrected chi connectivity index (χ1v) is 6.27. The highest BCUT2D eigenvalue weighted by Crippen LogP contribution is 2.00. The van der Waals surface area contributed by atoms with Crippen LogP contribution in [-0.2, 0) is 14.4 Å². The predicted octanol–water partition coefficient (Wildman–Crippen LogP) is 0.616. The van der Waals surface area contributed by atoms with Crippen LogP contribution in [0.5, 0.6) is 0 Å². The highest BCUT2D eigenvalue weighted by molar-refractivity contribution is 5.86. The van der Waals surface area contributed by atoms with E-state index in [9.17, 15) is 14.4 Å². The number of carbonyl (C=O) groups is 3. The zero-order chi connectivity index (χ0) is 14.0. The second-order valence-electron chi connectivity index (χ2n) is 4.06. The second kappa shape index (κ2) is 9.44. The predicted molar refractivity (Wildman–Crippen MR) is 67.0 cm³/mol. The molecule has 0 aromatic rings. The minimum absolute atomic E-state index is 0.00624. The van der Waals surface area contributed by atoms with E-state index in [1.807, 2.05) is 13.8 Å². The van der Waals surface area contributed by atoms with E-state index in [2.05, 4.69) is 5.32 Å². The van der Waals surface area contributed by atoms with Crippen LogP contribution in [0.4, 0.5) is 0 Å². The van der Waals surface area contributed by atoms with Crippen molar-refractivity contribution in [3.8, 4) is 0 Å². The van der Waals surface area contributed by atoms with E-state index in [4.69, 9.17) is 5.11 Å². The van der Waals surface area contributed by atoms with Crippen molar-refractivity contribution >= 4 is 17.8 Å². The van der Waals surface area contributed by atoms with Crippen molar-refractivity contribution in [2.45, 2.75) is 39.5 Å². The van der Waals surface area contributed by atoms with Crippen molar-refractivity contribution in [3.05, 3.63) is 0 Å². The molecule has 0 aliphatic rings. The van der Waals surface area contributed by atoms with Crippen molar-refractivity contribution in [1.82, 2.24) is 10.2 Å². The first-order valence-electron chi connectivity index (χ1n) is 6.27. The number of carbonyl (C=O) groups excluding carboxylic acids is 2. The minimum atomic E-state index is -1.00. The lowest BCUT2D eigenvalue weighted by Crippen LogP contribution is -2.41. The maximum Gasteiger partial charge on any atom is 0.303 e. The molecule has 0 saturated heterocycles. The van der Waals surface area contributed by atoms with Crippen LogP contribution in [-0.4, -0.2) is 47.4 Å². The van der Waals surface area contributed by atoms with E-state index in [1.165, 1.54) is 4.90 Å². The maximum absolute atomic E-state index is 11.7. The summed E-state index contributed by atoms with van der Waals surface area (Å²) in [4.78, 5) is 35.0. The Morgan fingerprint density at radius 2 is 1.78 bits per heavy atom. The van der Waals surface area contributed by atoms with Gasteiger partial charge in [-0.3, -0.25) is 14.4 Å². The average Bonchev–Trinajstić information content (AvgIpc) is 2.32. The Hall–Kier alpha value is -1.59. The molecule has 0 aromatic heterocycles. The number of aliphatic carboxylic acids is 1. The molecule has 0 aromatic carbocycles. The van der Waals surface area contributed by atoms with Gasteiger partial charge in [0.25, 0.3) is 0 Å². The van der Waals surface area contributed by atoms with Gasteiger partial charge in [-0.1, -0.05) is 13.8 Å². The fourth-order valence-corrected chi connectivity index (χ4v) is 1.43. The fraction of sp³-hybridized carbons (Fsp3) is 0.750. The van der Waals surface area contributed by atoms with Crippen LogP contribution in [0, 0.1) is 0 Å². The van der Waals surface area contributed by atoms with Crippen molar-refractivity contribution in [1.29, 1.82) is 0 Å². The van der Waals surface area contributed by atoms with E-state index in [0.717, 1.165) is 12.8 Å². The summed E-state index contributed by atoms with van der Waals surface area (Å²) in [5, 5.41) is 11.2. The van der Waals surface area contributed by atoms with Gasteiger partial charge >= 0.3 is 5.97 Å². The van der Waals surface area contributed by atoms with Crippen LogP contribution in [0.1, 0.15) is 39.5 Å². The molecule has 0 spiro atoms. The number of hydrogen-bond donors (Lipinski definition) is 2. The Morgan fingerprint density at radius 3 is 2.28 bits per heavy atom. The van der Waals surface area contributed by atoms with Gasteiger partial charge in [0.05, 0.1) is 13.0 Å². The lowest BCUT2D eigenvalue weighted by atomic mass is 10.2. The van der Waals surface area contributed by atoms with Crippen LogP contribution >= 0.6 is 0 Å². The fourth-order valence-electron chi connectivity index (χ4n) is 1.43. The molecular weight excluding hydrogens is 236 g/mol. The standard InChI is InChI=1S/C12H22N2O4/c1-3-7-13-10(15)9-14(8-4-2)11(16)5-6-12(17)18/h3-9H2,1-2H3,(H,13,15)(H,17,18). The van der Waals surface area contributed by atoms with Crippen molar-refractivity contribution in [2.24, 2.45) is 0 Å². The monoisotopic (exact) mass is 258 g/mol. The van der Waals surface area contributed by atoms with Crippen LogP contribution < -0.4 is 5.32 Å². The molecule has 2 N–H and O–H groups in total. The Morgan fingerprint density at radius 1 is 1.11 bits per heavy atom. The van der Waals surface area contributed by atoms with Gasteiger partial charge in [-0.2, -0.15) is 0 Å². The first kappa shape index (κ1) is 16.4. The molecule has 18 heavy (non-hydrogen) atoms. The molecule has 0 heterocycles. The summed E-state index contributed by atoms with van der Waals surface area (Å²) in [5.74, 6) is -1.49. The highest BCUT2D eigenvalue weighted by Gasteiger charge is 2.16. The average molecular weight is 258 g/mol. The van der Waals surface area contributed by atoms with E-state index >= 15 is 0 Å². The Kier molecular flexibility index (Phi) is 8.61. The zero-order valence-electron chi connectivity index (χ0n) is 11.1. The molecule has 6 nitrogen and oxygen atoms in total. The quantitative estimate of drug-likeness (QED) is 0.634. The summed E-state index contributed by atoms with van der Waals surface area (Å²) in [6.45, 7) is 4.91. The van der Waals surface area contributed by atoms with Crippen LogP contribution in [0.15, 0.2) is 0 Å². The SMILES string of the molecule is CCCNC(=O)CN(CCC)C(=O)CCC(=O)O. The Balaban J connectivity index is 4.22. The third-order valence-corrected chi connectivity index (χ3v) is 2.31. The molecule has 0 bridgehead atoms. The van der Waals surface area contributed by atoms with E-state index < -0.39 is 5.97 Å². The van der Waals surface area contributed by atoms with E-state index in [1.54, 1.807) is 0 Å². The normalized spacial score (nSPS) is 9.89. The van der Waals surface area contributed by atoms with Gasteiger partial charge in [-0.15, -0.1) is 0 Å². The van der Waals surface area contributed by atoms with Gasteiger partial charge in [0.2, 0.25) is 11.8 Å². The van der Waals surface area contributed by atoms with Crippen molar-refractivity contribution in [2.75, 3.05) is 19.6 Å². The van der Waals surface area contributed by atoms with Crippen molar-refractivity contribution < 1.29 is 19.5 Å². The molecule has 0 atom stereocenters. The topological polar surface area (TPSA) is 86.7 Å². The highest BCUT2D eigenvalue weighted by atomic mass is 16.4. The van der Waals surface area contributed by atoms with Gasteiger partial charge in [0.15, 0.2) is 0 Å². The van der Waals surface area contributed by atoms with Crippen molar-refractivity contribution in [3.63, 3.8) is 0 Å². The molecule has 0 aliphatic carbocycles. The summed E-state index contributed by atoms with van der Waals surface area (Å²) < 4.78 is 0. The molecule has 0 fully saturated rings. The molecule has 104 valence electrons. The summed E-state index contributed by atoms with van der Waals surface area (Å²) in [6.07, 6.45) is 1.32. The van der Waals surface area contributed by atoms with E-state index in [0.29, 0.717) is 13.1 Å². The Labute approximate surface area is 107 Å². The largest absolute Gasteiger partial charge is 0.481 e. The number of amides is 2. The van der Waals surface area contributed by atoms with Gasteiger partial charge in [-0.25, -0.2) is 0 Å². The van der Waals surface area contributed by atoms with E-state index in [-0.39, 0.29) is 31.2 Å². The Bertz CT molecular complexity index is 292. The van der Waals surface area contributed by atoms with Gasteiger partial charge in [0, 0.05) is 19.5 Å². The smallest absolute Gasteiger partial charge is 0.303 e. The van der Waals surface area contributed by atoms with Gasteiger partial charge < -0.3 is 15.3 Å². The number of carboxylic acids is 1. The van der Waals surface area contributed by atoms with Gasteiger partial charge in [-0.05, 0) is 12.8 Å². The lowest BCUT2D eigenvalue weighted by molar-refractivity contribution is -0.141. The summed E-state index contributed by atoms with van der Waals surface area (Å²) >= 11 is 0. The molecule has 0 radical (unpaired) electrons. The number of nitrogens with zero attached hydrogens (tertiary/aromatic N) is 1. The second-order valence-corrected chi connectivity index (χ2v) is 4.06. The first-order chi connectivity index (χ1) is 8.51. The minimum Gasteiger partial charge on any atom is -0.481 e. The summed E-state index contributed by atoms with van der Waals surface area (Å²) in [6, 6.07) is 0. The molecule has 0 saturated carbocycles. The molecule has 0 unspecified atom stereocenters. The van der Waals surface area contributed by atoms with Crippen LogP contribution in [0.3, 0.4) is 0 Å². The lowest BCUT2D eigenvalue weighted by Gasteiger charge is -2.21. The molecular formula is C12H22N2O4. The van der Waals surface area contributed by atoms with Crippen LogP contribution in [0.25, 0.3) is 0 Å².